The molecule has 2 aromatic rings. The van der Waals surface area contributed by atoms with E-state index in [0.717, 1.165) is 48.2 Å². The van der Waals surface area contributed by atoms with Gasteiger partial charge in [-0.3, -0.25) is 9.59 Å². The van der Waals surface area contributed by atoms with E-state index in [9.17, 15) is 9.59 Å². The smallest absolute Gasteiger partial charge is 0.251 e. The minimum atomic E-state index is 0.0319. The molecular formula is C24H28N2O2. The molecule has 1 N–H and O–H groups in total. The Bertz CT molecular complexity index is 865. The number of hydrogen-bond donors (Lipinski definition) is 1. The van der Waals surface area contributed by atoms with Gasteiger partial charge in [0.15, 0.2) is 0 Å². The first-order chi connectivity index (χ1) is 13.6. The minimum Gasteiger partial charge on any atom is -0.349 e. The van der Waals surface area contributed by atoms with E-state index >= 15 is 0 Å². The van der Waals surface area contributed by atoms with Crippen LogP contribution >= 0.6 is 0 Å². The third-order valence-corrected chi connectivity index (χ3v) is 6.03. The zero-order chi connectivity index (χ0) is 19.5. The molecule has 2 amide bonds. The van der Waals surface area contributed by atoms with Gasteiger partial charge in [-0.25, -0.2) is 0 Å². The molecule has 4 rings (SSSR count). The lowest BCUT2D eigenvalue weighted by molar-refractivity contribution is -0.116. The van der Waals surface area contributed by atoms with Gasteiger partial charge < -0.3 is 10.2 Å². The van der Waals surface area contributed by atoms with Crippen molar-refractivity contribution in [3.8, 4) is 11.1 Å². The Morgan fingerprint density at radius 1 is 0.929 bits per heavy atom. The van der Waals surface area contributed by atoms with Gasteiger partial charge >= 0.3 is 0 Å². The number of carbonyl (C=O) groups is 2. The van der Waals surface area contributed by atoms with E-state index in [0.29, 0.717) is 6.04 Å². The lowest BCUT2D eigenvalue weighted by atomic mass is 10.00. The van der Waals surface area contributed by atoms with E-state index in [4.69, 9.17) is 0 Å². The summed E-state index contributed by atoms with van der Waals surface area (Å²) >= 11 is 0. The summed E-state index contributed by atoms with van der Waals surface area (Å²) < 4.78 is 0. The molecule has 0 spiro atoms. The molecule has 1 saturated carbocycles. The predicted molar refractivity (Wildman–Crippen MR) is 113 cm³/mol. The summed E-state index contributed by atoms with van der Waals surface area (Å²) in [7, 11) is 0. The monoisotopic (exact) mass is 376 g/mol. The molecule has 2 aliphatic rings. The van der Waals surface area contributed by atoms with E-state index in [2.05, 4.69) is 17.4 Å². The Labute approximate surface area is 166 Å². The predicted octanol–water partition coefficient (Wildman–Crippen LogP) is 4.72. The lowest BCUT2D eigenvalue weighted by Gasteiger charge is -2.16. The molecule has 0 radical (unpaired) electrons. The number of amides is 2. The van der Waals surface area contributed by atoms with Gasteiger partial charge in [-0.2, -0.15) is 0 Å². The highest BCUT2D eigenvalue weighted by Crippen LogP contribution is 2.32. The molecule has 0 bridgehead atoms. The summed E-state index contributed by atoms with van der Waals surface area (Å²) in [5.74, 6) is 0.125. The maximum absolute atomic E-state index is 12.6. The second-order valence-corrected chi connectivity index (χ2v) is 8.00. The molecule has 0 saturated heterocycles. The molecule has 0 aromatic heterocycles. The van der Waals surface area contributed by atoms with E-state index in [1.54, 1.807) is 6.92 Å². The Morgan fingerprint density at radius 2 is 1.61 bits per heavy atom. The SMILES string of the molecule is CC(=O)N1CCc2cc(-c3ccc(C(=O)NC4CCCCCC4)cc3)ccc21. The van der Waals surface area contributed by atoms with E-state index < -0.39 is 0 Å². The zero-order valence-corrected chi connectivity index (χ0v) is 16.5. The van der Waals surface area contributed by atoms with Crippen molar-refractivity contribution in [2.45, 2.75) is 57.9 Å². The van der Waals surface area contributed by atoms with Crippen LogP contribution in [0.15, 0.2) is 42.5 Å². The first-order valence-electron chi connectivity index (χ1n) is 10.4. The molecule has 4 heteroatoms. The van der Waals surface area contributed by atoms with Crippen LogP contribution < -0.4 is 10.2 Å². The number of nitrogens with one attached hydrogen (secondary N) is 1. The quantitative estimate of drug-likeness (QED) is 0.789. The van der Waals surface area contributed by atoms with Crippen LogP contribution in [0, 0.1) is 0 Å². The molecule has 1 aliphatic carbocycles. The van der Waals surface area contributed by atoms with Gasteiger partial charge in [0.25, 0.3) is 5.91 Å². The highest BCUT2D eigenvalue weighted by molar-refractivity contribution is 5.95. The number of hydrogen-bond acceptors (Lipinski definition) is 2. The maximum Gasteiger partial charge on any atom is 0.251 e. The van der Waals surface area contributed by atoms with Crippen molar-refractivity contribution in [3.63, 3.8) is 0 Å². The fourth-order valence-corrected chi connectivity index (χ4v) is 4.41. The molecule has 1 aliphatic heterocycles. The molecule has 28 heavy (non-hydrogen) atoms. The Balaban J connectivity index is 1.46. The van der Waals surface area contributed by atoms with E-state index in [1.165, 1.54) is 31.2 Å². The molecular weight excluding hydrogens is 348 g/mol. The van der Waals surface area contributed by atoms with Gasteiger partial charge in [-0.05, 0) is 60.2 Å². The fraction of sp³-hybridized carbons (Fsp3) is 0.417. The Hall–Kier alpha value is -2.62. The van der Waals surface area contributed by atoms with Crippen molar-refractivity contribution in [3.05, 3.63) is 53.6 Å². The maximum atomic E-state index is 12.6. The van der Waals surface area contributed by atoms with Crippen LogP contribution in [-0.4, -0.2) is 24.4 Å². The van der Waals surface area contributed by atoms with Crippen LogP contribution in [0.5, 0.6) is 0 Å². The van der Waals surface area contributed by atoms with Crippen molar-refractivity contribution >= 4 is 17.5 Å². The number of nitrogens with zero attached hydrogens (tertiary/aromatic N) is 1. The van der Waals surface area contributed by atoms with Crippen molar-refractivity contribution in [1.82, 2.24) is 5.32 Å². The topological polar surface area (TPSA) is 49.4 Å². The largest absolute Gasteiger partial charge is 0.349 e. The summed E-state index contributed by atoms with van der Waals surface area (Å²) in [5, 5.41) is 3.21. The van der Waals surface area contributed by atoms with Crippen molar-refractivity contribution in [2.75, 3.05) is 11.4 Å². The third kappa shape index (κ3) is 3.96. The van der Waals surface area contributed by atoms with Gasteiger partial charge in [0.05, 0.1) is 0 Å². The molecule has 4 nitrogen and oxygen atoms in total. The molecule has 1 heterocycles. The lowest BCUT2D eigenvalue weighted by Crippen LogP contribution is -2.34. The minimum absolute atomic E-state index is 0.0319. The van der Waals surface area contributed by atoms with Gasteiger partial charge in [0.2, 0.25) is 5.91 Å². The van der Waals surface area contributed by atoms with E-state index in [-0.39, 0.29) is 11.8 Å². The second kappa shape index (κ2) is 8.17. The molecule has 1 fully saturated rings. The number of anilines is 1. The molecule has 0 atom stereocenters. The average Bonchev–Trinajstić information content (AvgIpc) is 2.97. The van der Waals surface area contributed by atoms with Crippen LogP contribution in [-0.2, 0) is 11.2 Å². The Kier molecular flexibility index (Phi) is 5.47. The van der Waals surface area contributed by atoms with Crippen molar-refractivity contribution in [1.29, 1.82) is 0 Å². The zero-order valence-electron chi connectivity index (χ0n) is 16.5. The highest BCUT2D eigenvalue weighted by Gasteiger charge is 2.22. The Morgan fingerprint density at radius 3 is 2.29 bits per heavy atom. The average molecular weight is 377 g/mol. The van der Waals surface area contributed by atoms with Crippen LogP contribution in [0.4, 0.5) is 5.69 Å². The standard InChI is InChI=1S/C24H28N2O2/c1-17(27)26-15-14-21-16-20(12-13-23(21)26)18-8-10-19(11-9-18)24(28)25-22-6-4-2-3-5-7-22/h8-13,16,22H,2-7,14-15H2,1H3,(H,25,28). The van der Waals surface area contributed by atoms with Crippen LogP contribution in [0.3, 0.4) is 0 Å². The van der Waals surface area contributed by atoms with Gasteiger partial charge in [-0.15, -0.1) is 0 Å². The first-order valence-corrected chi connectivity index (χ1v) is 10.4. The summed E-state index contributed by atoms with van der Waals surface area (Å²) in [6.07, 6.45) is 8.07. The molecule has 0 unspecified atom stereocenters. The summed E-state index contributed by atoms with van der Waals surface area (Å²) in [6.45, 7) is 2.37. The van der Waals surface area contributed by atoms with E-state index in [1.807, 2.05) is 35.2 Å². The van der Waals surface area contributed by atoms with Crippen LogP contribution in [0.1, 0.15) is 61.4 Å². The summed E-state index contributed by atoms with van der Waals surface area (Å²) in [5.41, 5.74) is 5.17. The first kappa shape index (κ1) is 18.7. The molecule has 2 aromatic carbocycles. The number of benzene rings is 2. The number of fused-ring (bicyclic) bond motifs is 1. The second-order valence-electron chi connectivity index (χ2n) is 8.00. The molecule has 146 valence electrons. The third-order valence-electron chi connectivity index (χ3n) is 6.03. The number of rotatable bonds is 3. The fourth-order valence-electron chi connectivity index (χ4n) is 4.41. The normalized spacial score (nSPS) is 17.1. The highest BCUT2D eigenvalue weighted by atomic mass is 16.2. The summed E-state index contributed by atoms with van der Waals surface area (Å²) in [6, 6.07) is 14.4. The van der Waals surface area contributed by atoms with Gasteiger partial charge in [-0.1, -0.05) is 43.9 Å². The summed E-state index contributed by atoms with van der Waals surface area (Å²) in [4.78, 5) is 26.1. The van der Waals surface area contributed by atoms with Gasteiger partial charge in [0.1, 0.15) is 0 Å². The van der Waals surface area contributed by atoms with Crippen LogP contribution in [0.25, 0.3) is 11.1 Å². The van der Waals surface area contributed by atoms with Crippen LogP contribution in [0.2, 0.25) is 0 Å². The van der Waals surface area contributed by atoms with Crippen molar-refractivity contribution < 1.29 is 9.59 Å². The van der Waals surface area contributed by atoms with Crippen molar-refractivity contribution in [2.24, 2.45) is 0 Å². The number of carbonyl (C=O) groups excluding carboxylic acids is 2. The van der Waals surface area contributed by atoms with Gasteiger partial charge in [0, 0.05) is 30.8 Å².